The van der Waals surface area contributed by atoms with E-state index in [4.69, 9.17) is 9.47 Å². The maximum absolute atomic E-state index is 11.4. The molecule has 0 aromatic heterocycles. The summed E-state index contributed by atoms with van der Waals surface area (Å²) >= 11 is 0. The van der Waals surface area contributed by atoms with Gasteiger partial charge in [-0.1, -0.05) is 52.4 Å². The van der Waals surface area contributed by atoms with Crippen LogP contribution in [0.4, 0.5) is 9.59 Å². The molecule has 0 spiro atoms. The van der Waals surface area contributed by atoms with Gasteiger partial charge in [-0.3, -0.25) is 0 Å². The largest absolute Gasteiger partial charge is 0.450 e. The van der Waals surface area contributed by atoms with E-state index in [-0.39, 0.29) is 12.2 Å². The molecule has 0 atom stereocenters. The second-order valence-corrected chi connectivity index (χ2v) is 6.31. The zero-order valence-corrected chi connectivity index (χ0v) is 16.2. The molecule has 0 aliphatic heterocycles. The minimum atomic E-state index is -0.332. The van der Waals surface area contributed by atoms with Crippen LogP contribution in [0.2, 0.25) is 0 Å². The average Bonchev–Trinajstić information content (AvgIpc) is 2.60. The minimum Gasteiger partial charge on any atom is -0.450 e. The molecular weight excluding hydrogens is 320 g/mol. The quantitative estimate of drug-likeness (QED) is 0.390. The van der Waals surface area contributed by atoms with E-state index in [1.165, 1.54) is 25.7 Å². The lowest BCUT2D eigenvalue weighted by Crippen LogP contribution is -2.27. The van der Waals surface area contributed by atoms with Gasteiger partial charge in [-0.25, -0.2) is 9.59 Å². The zero-order chi connectivity index (χ0) is 18.6. The molecule has 0 aromatic rings. The fourth-order valence-corrected chi connectivity index (χ4v) is 2.30. The molecule has 0 saturated carbocycles. The van der Waals surface area contributed by atoms with Crippen LogP contribution in [0.5, 0.6) is 0 Å². The Morgan fingerprint density at radius 1 is 0.600 bits per heavy atom. The highest BCUT2D eigenvalue weighted by atomic mass is 16.6. The molecule has 25 heavy (non-hydrogen) atoms. The summed E-state index contributed by atoms with van der Waals surface area (Å²) in [6.45, 7) is 6.51. The molecule has 148 valence electrons. The molecule has 0 aromatic carbocycles. The summed E-state index contributed by atoms with van der Waals surface area (Å²) in [5.41, 5.74) is 0. The molecule has 0 bridgehead atoms. The molecule has 6 heteroatoms. The van der Waals surface area contributed by atoms with Crippen LogP contribution in [0.3, 0.4) is 0 Å². The van der Waals surface area contributed by atoms with E-state index in [0.717, 1.165) is 44.9 Å². The van der Waals surface area contributed by atoms with Crippen molar-refractivity contribution in [3.05, 3.63) is 0 Å². The number of amides is 2. The lowest BCUT2D eigenvalue weighted by atomic mass is 10.2. The van der Waals surface area contributed by atoms with Crippen molar-refractivity contribution < 1.29 is 19.1 Å². The Hall–Kier alpha value is -1.46. The number of hydrogen-bond donors (Lipinski definition) is 2. The number of rotatable bonds is 16. The summed E-state index contributed by atoms with van der Waals surface area (Å²) in [7, 11) is 0. The normalized spacial score (nSPS) is 10.3. The van der Waals surface area contributed by atoms with E-state index in [2.05, 4.69) is 24.5 Å². The number of nitrogens with one attached hydrogen (secondary N) is 2. The summed E-state index contributed by atoms with van der Waals surface area (Å²) in [6, 6.07) is 0. The van der Waals surface area contributed by atoms with Gasteiger partial charge in [0.05, 0.1) is 13.2 Å². The molecule has 6 nitrogen and oxygen atoms in total. The highest BCUT2D eigenvalue weighted by Crippen LogP contribution is 2.00. The van der Waals surface area contributed by atoms with Crippen molar-refractivity contribution in [2.75, 3.05) is 26.3 Å². The van der Waals surface area contributed by atoms with Gasteiger partial charge in [0, 0.05) is 13.1 Å². The van der Waals surface area contributed by atoms with Gasteiger partial charge in [0.1, 0.15) is 0 Å². The average molecular weight is 359 g/mol. The number of alkyl carbamates (subject to hydrolysis) is 2. The van der Waals surface area contributed by atoms with E-state index in [1.54, 1.807) is 0 Å². The SMILES string of the molecule is CCCCCCOC(=O)NCCCCCNC(=O)OCCCCCC. The fourth-order valence-electron chi connectivity index (χ4n) is 2.30. The molecule has 0 saturated heterocycles. The van der Waals surface area contributed by atoms with Gasteiger partial charge in [-0.15, -0.1) is 0 Å². The number of hydrogen-bond acceptors (Lipinski definition) is 4. The topological polar surface area (TPSA) is 76.7 Å². The molecule has 2 N–H and O–H groups in total. The Bertz CT molecular complexity index is 295. The molecule has 0 aliphatic carbocycles. The molecule has 2 amide bonds. The summed E-state index contributed by atoms with van der Waals surface area (Å²) in [5, 5.41) is 5.49. The second-order valence-electron chi connectivity index (χ2n) is 6.31. The first-order valence-electron chi connectivity index (χ1n) is 10.0. The van der Waals surface area contributed by atoms with Gasteiger partial charge in [0.25, 0.3) is 0 Å². The molecule has 0 radical (unpaired) electrons. The standard InChI is InChI=1S/C19H38N2O4/c1-3-5-7-12-16-24-18(22)20-14-10-9-11-15-21-19(23)25-17-13-8-6-4-2/h3-17H2,1-2H3,(H,20,22)(H,21,23). The van der Waals surface area contributed by atoms with E-state index >= 15 is 0 Å². The van der Waals surface area contributed by atoms with Crippen LogP contribution in [0.25, 0.3) is 0 Å². The third-order valence-corrected chi connectivity index (χ3v) is 3.85. The van der Waals surface area contributed by atoms with Crippen molar-refractivity contribution in [2.45, 2.75) is 84.5 Å². The second kappa shape index (κ2) is 18.9. The third kappa shape index (κ3) is 18.7. The Balaban J connectivity index is 3.26. The van der Waals surface area contributed by atoms with Crippen molar-refractivity contribution >= 4 is 12.2 Å². The maximum Gasteiger partial charge on any atom is 0.407 e. The summed E-state index contributed by atoms with van der Waals surface area (Å²) < 4.78 is 10.2. The zero-order valence-electron chi connectivity index (χ0n) is 16.2. The first kappa shape index (κ1) is 23.5. The van der Waals surface area contributed by atoms with Gasteiger partial charge in [-0.05, 0) is 32.1 Å². The van der Waals surface area contributed by atoms with Gasteiger partial charge in [0.15, 0.2) is 0 Å². The monoisotopic (exact) mass is 358 g/mol. The summed E-state index contributed by atoms with van der Waals surface area (Å²) in [6.07, 6.45) is 10.8. The molecular formula is C19H38N2O4. The van der Waals surface area contributed by atoms with Crippen LogP contribution in [-0.2, 0) is 9.47 Å². The Labute approximate surface area is 153 Å². The number of carbonyl (C=O) groups is 2. The van der Waals surface area contributed by atoms with E-state index in [0.29, 0.717) is 26.3 Å². The molecule has 0 heterocycles. The number of carbonyl (C=O) groups excluding carboxylic acids is 2. The van der Waals surface area contributed by atoms with Crippen LogP contribution < -0.4 is 10.6 Å². The van der Waals surface area contributed by atoms with E-state index in [1.807, 2.05) is 0 Å². The van der Waals surface area contributed by atoms with Crippen molar-refractivity contribution in [3.8, 4) is 0 Å². The molecule has 0 aliphatic rings. The number of ether oxygens (including phenoxy) is 2. The van der Waals surface area contributed by atoms with Gasteiger partial charge >= 0.3 is 12.2 Å². The Morgan fingerprint density at radius 2 is 1.00 bits per heavy atom. The van der Waals surface area contributed by atoms with Crippen LogP contribution in [0.1, 0.15) is 84.5 Å². The van der Waals surface area contributed by atoms with Gasteiger partial charge in [-0.2, -0.15) is 0 Å². The van der Waals surface area contributed by atoms with Crippen LogP contribution in [0.15, 0.2) is 0 Å². The molecule has 0 unspecified atom stereocenters. The van der Waals surface area contributed by atoms with Crippen molar-refractivity contribution in [1.29, 1.82) is 0 Å². The van der Waals surface area contributed by atoms with Crippen LogP contribution in [-0.4, -0.2) is 38.5 Å². The van der Waals surface area contributed by atoms with Crippen molar-refractivity contribution in [2.24, 2.45) is 0 Å². The summed E-state index contributed by atoms with van der Waals surface area (Å²) in [4.78, 5) is 22.8. The van der Waals surface area contributed by atoms with E-state index in [9.17, 15) is 9.59 Å². The Morgan fingerprint density at radius 3 is 1.40 bits per heavy atom. The highest BCUT2D eigenvalue weighted by Gasteiger charge is 2.02. The van der Waals surface area contributed by atoms with E-state index < -0.39 is 0 Å². The first-order valence-corrected chi connectivity index (χ1v) is 10.0. The van der Waals surface area contributed by atoms with Gasteiger partial charge in [0.2, 0.25) is 0 Å². The van der Waals surface area contributed by atoms with Gasteiger partial charge < -0.3 is 20.1 Å². The minimum absolute atomic E-state index is 0.332. The third-order valence-electron chi connectivity index (χ3n) is 3.85. The fraction of sp³-hybridized carbons (Fsp3) is 0.895. The molecule has 0 fully saturated rings. The summed E-state index contributed by atoms with van der Waals surface area (Å²) in [5.74, 6) is 0. The molecule has 0 rings (SSSR count). The smallest absolute Gasteiger partial charge is 0.407 e. The maximum atomic E-state index is 11.4. The Kier molecular flexibility index (Phi) is 17.8. The first-order chi connectivity index (χ1) is 12.2. The van der Waals surface area contributed by atoms with Crippen molar-refractivity contribution in [3.63, 3.8) is 0 Å². The van der Waals surface area contributed by atoms with Crippen molar-refractivity contribution in [1.82, 2.24) is 10.6 Å². The lowest BCUT2D eigenvalue weighted by molar-refractivity contribution is 0.143. The predicted octanol–water partition coefficient (Wildman–Crippen LogP) is 4.77. The lowest BCUT2D eigenvalue weighted by Gasteiger charge is -2.08. The highest BCUT2D eigenvalue weighted by molar-refractivity contribution is 5.67. The predicted molar refractivity (Wildman–Crippen MR) is 101 cm³/mol. The van der Waals surface area contributed by atoms with Crippen LogP contribution in [0, 0.1) is 0 Å². The van der Waals surface area contributed by atoms with Crippen LogP contribution >= 0.6 is 0 Å². The number of unbranched alkanes of at least 4 members (excludes halogenated alkanes) is 8.